The molecule has 1 saturated heterocycles. The number of allylic oxidation sites excluding steroid dienone is 1. The van der Waals surface area contributed by atoms with Crippen molar-refractivity contribution in [3.8, 4) is 0 Å². The lowest BCUT2D eigenvalue weighted by atomic mass is 10.2. The van der Waals surface area contributed by atoms with Crippen molar-refractivity contribution in [3.63, 3.8) is 0 Å². The topological polar surface area (TPSA) is 12.0 Å². The summed E-state index contributed by atoms with van der Waals surface area (Å²) >= 11 is 0. The first-order chi connectivity index (χ1) is 4.41. The molecule has 0 saturated carbocycles. The molecule has 62 valence electrons. The summed E-state index contributed by atoms with van der Waals surface area (Å²) < 4.78 is 0. The van der Waals surface area contributed by atoms with Crippen LogP contribution in [0.25, 0.3) is 0 Å². The minimum absolute atomic E-state index is 0. The zero-order valence-electron chi connectivity index (χ0n) is 6.82. The van der Waals surface area contributed by atoms with Gasteiger partial charge in [0.05, 0.1) is 0 Å². The summed E-state index contributed by atoms with van der Waals surface area (Å²) in [5.74, 6) is 0. The number of hydrogen-bond donors (Lipinski definition) is 1. The van der Waals surface area contributed by atoms with E-state index in [0.717, 1.165) is 0 Å². The third kappa shape index (κ3) is 10.9. The molecule has 0 aromatic carbocycles. The lowest BCUT2D eigenvalue weighted by Gasteiger charge is -2.08. The summed E-state index contributed by atoms with van der Waals surface area (Å²) in [5, 5.41) is 3.28. The van der Waals surface area contributed by atoms with E-state index in [-0.39, 0.29) is 13.5 Å². The third-order valence-electron chi connectivity index (χ3n) is 1.21. The Labute approximate surface area is 71.3 Å². The Morgan fingerprint density at radius 1 is 1.20 bits per heavy atom. The number of hydrogen-bond acceptors (Lipinski definition) is 1. The van der Waals surface area contributed by atoms with Crippen LogP contribution in [0.1, 0.15) is 26.2 Å². The minimum atomic E-state index is 0. The van der Waals surface area contributed by atoms with Crippen LogP contribution in [0.15, 0.2) is 12.7 Å². The average molecular weight is 161 g/mol. The smallest absolute Gasteiger partial charge is 0.00489 e. The van der Waals surface area contributed by atoms with Crippen molar-refractivity contribution < 1.29 is 0 Å². The highest BCUT2D eigenvalue weighted by Gasteiger charge is 1.93. The monoisotopic (exact) mass is 161 g/mol. The van der Waals surface area contributed by atoms with Gasteiger partial charge in [0.15, 0.2) is 0 Å². The molecule has 0 spiro atoms. The molecular weight excluding hydrogens is 142 g/mol. The first-order valence-electron chi connectivity index (χ1n) is 3.69. The Hall–Kier alpha value is 0.0500. The van der Waals surface area contributed by atoms with E-state index in [4.69, 9.17) is 0 Å². The predicted molar refractivity (Wildman–Crippen MR) is 53.0 cm³/mol. The van der Waals surface area contributed by atoms with E-state index in [1.807, 2.05) is 6.92 Å². The lowest BCUT2D eigenvalue weighted by molar-refractivity contribution is 0.520. The summed E-state index contributed by atoms with van der Waals surface area (Å²) in [7, 11) is 0. The molecule has 0 bridgehead atoms. The van der Waals surface area contributed by atoms with Crippen LogP contribution in [-0.2, 0) is 0 Å². The van der Waals surface area contributed by atoms with Crippen LogP contribution in [0.2, 0.25) is 0 Å². The summed E-state index contributed by atoms with van der Waals surface area (Å²) in [4.78, 5) is 0. The third-order valence-corrected chi connectivity index (χ3v) is 1.21. The molecule has 0 aromatic heterocycles. The quantitative estimate of drug-likeness (QED) is 0.536. The van der Waals surface area contributed by atoms with Gasteiger partial charge in [-0.05, 0) is 32.9 Å². The van der Waals surface area contributed by atoms with Gasteiger partial charge in [0.25, 0.3) is 0 Å². The predicted octanol–water partition coefficient (Wildman–Crippen LogP) is 2.07. The lowest BCUT2D eigenvalue weighted by Crippen LogP contribution is -2.21. The second-order valence-electron chi connectivity index (χ2n) is 2.22. The Balaban J connectivity index is 0. The van der Waals surface area contributed by atoms with Crippen LogP contribution in [0.3, 0.4) is 0 Å². The van der Waals surface area contributed by atoms with Gasteiger partial charge >= 0.3 is 0 Å². The molecular formula is C8H19NS. The van der Waals surface area contributed by atoms with Crippen molar-refractivity contribution in [2.75, 3.05) is 13.1 Å². The Morgan fingerprint density at radius 2 is 1.60 bits per heavy atom. The van der Waals surface area contributed by atoms with Gasteiger partial charge < -0.3 is 5.32 Å². The fourth-order valence-corrected chi connectivity index (χ4v) is 0.802. The van der Waals surface area contributed by atoms with Crippen molar-refractivity contribution in [3.05, 3.63) is 12.7 Å². The Bertz CT molecular complexity index is 48.8. The molecule has 0 aliphatic carbocycles. The van der Waals surface area contributed by atoms with Crippen LogP contribution < -0.4 is 5.32 Å². The number of rotatable bonds is 0. The maximum absolute atomic E-state index is 3.36. The van der Waals surface area contributed by atoms with E-state index in [1.165, 1.54) is 32.4 Å². The second-order valence-corrected chi connectivity index (χ2v) is 2.22. The number of nitrogens with one attached hydrogen (secondary N) is 1. The van der Waals surface area contributed by atoms with Crippen LogP contribution in [0.4, 0.5) is 0 Å². The van der Waals surface area contributed by atoms with E-state index in [0.29, 0.717) is 0 Å². The molecule has 1 fully saturated rings. The van der Waals surface area contributed by atoms with Crippen LogP contribution >= 0.6 is 13.5 Å². The normalized spacial score (nSPS) is 15.7. The molecule has 1 rings (SSSR count). The van der Waals surface area contributed by atoms with Gasteiger partial charge in [-0.25, -0.2) is 0 Å². The largest absolute Gasteiger partial charge is 0.317 e. The molecule has 0 aromatic rings. The van der Waals surface area contributed by atoms with Crippen molar-refractivity contribution in [1.29, 1.82) is 0 Å². The Kier molecular flexibility index (Phi) is 15.0. The maximum atomic E-state index is 3.36. The van der Waals surface area contributed by atoms with E-state index >= 15 is 0 Å². The average Bonchev–Trinajstić information content (AvgIpc) is 1.93. The first-order valence-corrected chi connectivity index (χ1v) is 3.69. The molecule has 2 heteroatoms. The summed E-state index contributed by atoms with van der Waals surface area (Å²) in [5.41, 5.74) is 0. The molecule has 10 heavy (non-hydrogen) atoms. The summed E-state index contributed by atoms with van der Waals surface area (Å²) in [6.07, 6.45) is 5.97. The zero-order chi connectivity index (χ0) is 6.95. The molecule has 1 nitrogen and oxygen atoms in total. The van der Waals surface area contributed by atoms with Gasteiger partial charge in [-0.15, -0.1) is 6.58 Å². The zero-order valence-corrected chi connectivity index (χ0v) is 7.82. The van der Waals surface area contributed by atoms with Crippen molar-refractivity contribution in [1.82, 2.24) is 5.32 Å². The molecule has 0 unspecified atom stereocenters. The van der Waals surface area contributed by atoms with Gasteiger partial charge in [0, 0.05) is 0 Å². The van der Waals surface area contributed by atoms with Crippen LogP contribution in [0.5, 0.6) is 0 Å². The van der Waals surface area contributed by atoms with Crippen molar-refractivity contribution in [2.24, 2.45) is 0 Å². The summed E-state index contributed by atoms with van der Waals surface area (Å²) in [6, 6.07) is 0. The van der Waals surface area contributed by atoms with E-state index in [2.05, 4.69) is 11.9 Å². The van der Waals surface area contributed by atoms with Gasteiger partial charge in [-0.2, -0.15) is 13.5 Å². The van der Waals surface area contributed by atoms with Gasteiger partial charge in [-0.1, -0.05) is 12.5 Å². The molecule has 1 N–H and O–H groups in total. The highest BCUT2D eigenvalue weighted by Crippen LogP contribution is 1.96. The molecule has 1 aliphatic heterocycles. The van der Waals surface area contributed by atoms with Crippen LogP contribution in [-0.4, -0.2) is 13.1 Å². The maximum Gasteiger partial charge on any atom is -0.00489 e. The van der Waals surface area contributed by atoms with E-state index < -0.39 is 0 Å². The molecule has 0 amide bonds. The van der Waals surface area contributed by atoms with E-state index in [9.17, 15) is 0 Å². The second kappa shape index (κ2) is 11.8. The van der Waals surface area contributed by atoms with Crippen LogP contribution in [0, 0.1) is 0 Å². The SMILES string of the molecule is C1CCNCC1.C=CC.S. The minimum Gasteiger partial charge on any atom is -0.317 e. The Morgan fingerprint density at radius 3 is 1.70 bits per heavy atom. The number of piperidine rings is 1. The standard InChI is InChI=1S/C5H11N.C3H6.H2S/c1-2-4-6-5-3-1;1-3-2;/h6H,1-5H2;3H,1H2,2H3;1H2. The summed E-state index contributed by atoms with van der Waals surface area (Å²) in [6.45, 7) is 7.75. The molecule has 0 radical (unpaired) electrons. The first kappa shape index (κ1) is 12.7. The fraction of sp³-hybridized carbons (Fsp3) is 0.750. The van der Waals surface area contributed by atoms with Crippen molar-refractivity contribution >= 4 is 13.5 Å². The molecule has 0 atom stereocenters. The highest BCUT2D eigenvalue weighted by atomic mass is 32.1. The molecule has 1 aliphatic rings. The fourth-order valence-electron chi connectivity index (χ4n) is 0.802. The van der Waals surface area contributed by atoms with Gasteiger partial charge in [0.2, 0.25) is 0 Å². The highest BCUT2D eigenvalue weighted by molar-refractivity contribution is 7.59. The van der Waals surface area contributed by atoms with Gasteiger partial charge in [-0.3, -0.25) is 0 Å². The molecule has 1 heterocycles. The van der Waals surface area contributed by atoms with Crippen molar-refractivity contribution in [2.45, 2.75) is 26.2 Å². The van der Waals surface area contributed by atoms with Gasteiger partial charge in [0.1, 0.15) is 0 Å². The van der Waals surface area contributed by atoms with E-state index in [1.54, 1.807) is 6.08 Å².